The number of rotatable bonds is 4. The second kappa shape index (κ2) is 8.68. The minimum atomic E-state index is -4.43. The number of hydrogen-bond acceptors (Lipinski definition) is 3. The van der Waals surface area contributed by atoms with Crippen molar-refractivity contribution in [3.8, 4) is 16.9 Å². The molecule has 3 aromatic rings. The summed E-state index contributed by atoms with van der Waals surface area (Å²) in [4.78, 5) is 12.6. The number of nitrogen functional groups attached to an aromatic ring is 1. The Morgan fingerprint density at radius 1 is 1.12 bits per heavy atom. The van der Waals surface area contributed by atoms with Crippen LogP contribution in [0.15, 0.2) is 54.6 Å². The Balaban J connectivity index is 1.51. The molecule has 2 atom stereocenters. The second-order valence-corrected chi connectivity index (χ2v) is 8.43. The van der Waals surface area contributed by atoms with Gasteiger partial charge >= 0.3 is 6.18 Å². The highest BCUT2D eigenvalue weighted by atomic mass is 19.4. The number of alkyl halides is 3. The first-order chi connectivity index (χ1) is 15.2. The molecule has 0 saturated heterocycles. The van der Waals surface area contributed by atoms with E-state index >= 15 is 0 Å². The number of benzene rings is 2. The Labute approximate surface area is 184 Å². The van der Waals surface area contributed by atoms with E-state index in [0.29, 0.717) is 28.4 Å². The average Bonchev–Trinajstić information content (AvgIpc) is 3.15. The van der Waals surface area contributed by atoms with Gasteiger partial charge in [-0.15, -0.1) is 0 Å². The summed E-state index contributed by atoms with van der Waals surface area (Å²) >= 11 is 0. The molecule has 0 aliphatic heterocycles. The van der Waals surface area contributed by atoms with Gasteiger partial charge in [0.15, 0.2) is 0 Å². The van der Waals surface area contributed by atoms with Crippen LogP contribution >= 0.6 is 0 Å². The van der Waals surface area contributed by atoms with E-state index in [1.54, 1.807) is 30.3 Å². The molecule has 1 fully saturated rings. The standard InChI is InChI=1S/C24H25F3N4O/c1-15-4-2-7-19(12-15)29-23(32)16-8-10-20(11-9-16)31-22(28)14-21(30-31)17-5-3-6-18(13-17)24(25,26)27/h3,5-6,8-11,13-15,19H,2,4,7,12,28H2,1H3,(H,29,32). The highest BCUT2D eigenvalue weighted by Gasteiger charge is 2.30. The summed E-state index contributed by atoms with van der Waals surface area (Å²) in [6.45, 7) is 2.20. The normalized spacial score (nSPS) is 19.0. The first-order valence-electron chi connectivity index (χ1n) is 10.6. The number of hydrogen-bond donors (Lipinski definition) is 2. The Hall–Kier alpha value is -3.29. The quantitative estimate of drug-likeness (QED) is 0.564. The van der Waals surface area contributed by atoms with Crippen LogP contribution in [0.3, 0.4) is 0 Å². The largest absolute Gasteiger partial charge is 0.416 e. The van der Waals surface area contributed by atoms with Gasteiger partial charge in [0.05, 0.1) is 16.9 Å². The van der Waals surface area contributed by atoms with Crippen molar-refractivity contribution in [1.82, 2.24) is 15.1 Å². The third kappa shape index (κ3) is 4.79. The van der Waals surface area contributed by atoms with Crippen LogP contribution in [0.25, 0.3) is 16.9 Å². The monoisotopic (exact) mass is 442 g/mol. The number of carbonyl (C=O) groups excluding carboxylic acids is 1. The van der Waals surface area contributed by atoms with Crippen molar-refractivity contribution < 1.29 is 18.0 Å². The van der Waals surface area contributed by atoms with E-state index in [1.807, 2.05) is 0 Å². The minimum Gasteiger partial charge on any atom is -0.384 e. The fourth-order valence-electron chi connectivity index (χ4n) is 4.19. The van der Waals surface area contributed by atoms with Crippen LogP contribution in [-0.2, 0) is 6.18 Å². The fraction of sp³-hybridized carbons (Fsp3) is 0.333. The Kier molecular flexibility index (Phi) is 5.95. The summed E-state index contributed by atoms with van der Waals surface area (Å²) < 4.78 is 40.5. The van der Waals surface area contributed by atoms with Gasteiger partial charge in [0, 0.05) is 23.2 Å². The predicted octanol–water partition coefficient (Wildman–Crippen LogP) is 5.45. The van der Waals surface area contributed by atoms with Crippen LogP contribution in [0.4, 0.5) is 19.0 Å². The van der Waals surface area contributed by atoms with Gasteiger partial charge in [0.1, 0.15) is 5.82 Å². The second-order valence-electron chi connectivity index (χ2n) is 8.43. The van der Waals surface area contributed by atoms with Gasteiger partial charge in [-0.3, -0.25) is 4.79 Å². The summed E-state index contributed by atoms with van der Waals surface area (Å²) in [5, 5.41) is 7.47. The molecule has 5 nitrogen and oxygen atoms in total. The zero-order valence-corrected chi connectivity index (χ0v) is 17.7. The molecule has 1 saturated carbocycles. The smallest absolute Gasteiger partial charge is 0.384 e. The topological polar surface area (TPSA) is 72.9 Å². The van der Waals surface area contributed by atoms with Crippen LogP contribution in [0, 0.1) is 5.92 Å². The number of halogens is 3. The van der Waals surface area contributed by atoms with Crippen molar-refractivity contribution in [3.05, 3.63) is 65.7 Å². The Morgan fingerprint density at radius 2 is 1.88 bits per heavy atom. The molecule has 0 radical (unpaired) electrons. The fourth-order valence-corrected chi connectivity index (χ4v) is 4.19. The maximum absolute atomic E-state index is 13.0. The van der Waals surface area contributed by atoms with E-state index in [4.69, 9.17) is 5.73 Å². The molecule has 1 aliphatic carbocycles. The average molecular weight is 442 g/mol. The van der Waals surface area contributed by atoms with Crippen molar-refractivity contribution >= 4 is 11.7 Å². The van der Waals surface area contributed by atoms with Gasteiger partial charge in [-0.1, -0.05) is 31.9 Å². The number of amides is 1. The van der Waals surface area contributed by atoms with Crippen molar-refractivity contribution in [2.75, 3.05) is 5.73 Å². The minimum absolute atomic E-state index is 0.117. The van der Waals surface area contributed by atoms with Crippen LogP contribution in [0.2, 0.25) is 0 Å². The van der Waals surface area contributed by atoms with Gasteiger partial charge in [-0.25, -0.2) is 4.68 Å². The zero-order valence-electron chi connectivity index (χ0n) is 17.7. The molecule has 2 unspecified atom stereocenters. The summed E-state index contributed by atoms with van der Waals surface area (Å²) in [5.41, 5.74) is 7.13. The number of nitrogens with two attached hydrogens (primary N) is 1. The first kappa shape index (κ1) is 21.9. The lowest BCUT2D eigenvalue weighted by atomic mass is 9.87. The van der Waals surface area contributed by atoms with E-state index in [0.717, 1.165) is 31.4 Å². The summed E-state index contributed by atoms with van der Waals surface area (Å²) in [6, 6.07) is 13.5. The van der Waals surface area contributed by atoms with Crippen LogP contribution < -0.4 is 11.1 Å². The molecule has 1 aromatic heterocycles. The molecule has 8 heteroatoms. The number of nitrogens with zero attached hydrogens (tertiary/aromatic N) is 2. The molecular weight excluding hydrogens is 417 g/mol. The van der Waals surface area contributed by atoms with Crippen LogP contribution in [0.5, 0.6) is 0 Å². The van der Waals surface area contributed by atoms with E-state index in [2.05, 4.69) is 17.3 Å². The molecule has 168 valence electrons. The van der Waals surface area contributed by atoms with Gasteiger partial charge in [0.2, 0.25) is 0 Å². The molecule has 0 spiro atoms. The molecule has 1 amide bonds. The third-order valence-corrected chi connectivity index (χ3v) is 5.87. The lowest BCUT2D eigenvalue weighted by molar-refractivity contribution is -0.137. The molecule has 0 bridgehead atoms. The highest BCUT2D eigenvalue weighted by Crippen LogP contribution is 2.32. The first-order valence-corrected chi connectivity index (χ1v) is 10.6. The maximum Gasteiger partial charge on any atom is 0.416 e. The van der Waals surface area contributed by atoms with Crippen molar-refractivity contribution in [1.29, 1.82) is 0 Å². The SMILES string of the molecule is CC1CCCC(NC(=O)c2ccc(-n3nc(-c4cccc(C(F)(F)F)c4)cc3N)cc2)C1. The van der Waals surface area contributed by atoms with Crippen molar-refractivity contribution in [2.45, 2.75) is 44.8 Å². The summed E-state index contributed by atoms with van der Waals surface area (Å²) in [7, 11) is 0. The van der Waals surface area contributed by atoms with Crippen molar-refractivity contribution in [3.63, 3.8) is 0 Å². The predicted molar refractivity (Wildman–Crippen MR) is 117 cm³/mol. The number of carbonyl (C=O) groups is 1. The van der Waals surface area contributed by atoms with Crippen LogP contribution in [0.1, 0.15) is 48.5 Å². The van der Waals surface area contributed by atoms with E-state index in [9.17, 15) is 18.0 Å². The Bertz CT molecular complexity index is 1110. The van der Waals surface area contributed by atoms with Gasteiger partial charge in [0.25, 0.3) is 5.91 Å². The third-order valence-electron chi connectivity index (χ3n) is 5.87. The summed E-state index contributed by atoms with van der Waals surface area (Å²) in [6.07, 6.45) is -0.120. The molecule has 32 heavy (non-hydrogen) atoms. The number of aromatic nitrogens is 2. The van der Waals surface area contributed by atoms with Crippen LogP contribution in [-0.4, -0.2) is 21.7 Å². The molecule has 3 N–H and O–H groups in total. The molecule has 4 rings (SSSR count). The van der Waals surface area contributed by atoms with Gasteiger partial charge in [-0.2, -0.15) is 18.3 Å². The van der Waals surface area contributed by atoms with E-state index in [-0.39, 0.29) is 17.8 Å². The molecule has 2 aromatic carbocycles. The van der Waals surface area contributed by atoms with Gasteiger partial charge in [-0.05, 0) is 55.2 Å². The van der Waals surface area contributed by atoms with E-state index < -0.39 is 11.7 Å². The molecular formula is C24H25F3N4O. The number of nitrogens with one attached hydrogen (secondary N) is 1. The summed E-state index contributed by atoms with van der Waals surface area (Å²) in [5.74, 6) is 0.782. The number of anilines is 1. The van der Waals surface area contributed by atoms with Crippen molar-refractivity contribution in [2.24, 2.45) is 5.92 Å². The Morgan fingerprint density at radius 3 is 2.56 bits per heavy atom. The highest BCUT2D eigenvalue weighted by molar-refractivity contribution is 5.94. The lowest BCUT2D eigenvalue weighted by Gasteiger charge is -2.27. The molecule has 1 aliphatic rings. The lowest BCUT2D eigenvalue weighted by Crippen LogP contribution is -2.37. The molecule has 1 heterocycles. The van der Waals surface area contributed by atoms with E-state index in [1.165, 1.54) is 23.2 Å². The maximum atomic E-state index is 13.0. The zero-order chi connectivity index (χ0) is 22.9. The van der Waals surface area contributed by atoms with Gasteiger partial charge < -0.3 is 11.1 Å².